The van der Waals surface area contributed by atoms with E-state index >= 15 is 0 Å². The lowest BCUT2D eigenvalue weighted by atomic mass is 10.0. The summed E-state index contributed by atoms with van der Waals surface area (Å²) in [5, 5.41) is 6.29. The quantitative estimate of drug-likeness (QED) is 0.882. The van der Waals surface area contributed by atoms with Gasteiger partial charge in [-0.15, -0.1) is 0 Å². The lowest BCUT2D eigenvalue weighted by Crippen LogP contribution is -2.28. The van der Waals surface area contributed by atoms with E-state index in [9.17, 15) is 4.79 Å². The van der Waals surface area contributed by atoms with E-state index in [4.69, 9.17) is 9.26 Å². The number of aryl methyl sites for hydroxylation is 1. The number of aromatic nitrogens is 2. The molecule has 0 unspecified atom stereocenters. The van der Waals surface area contributed by atoms with Crippen LogP contribution in [0.5, 0.6) is 5.75 Å². The third-order valence-corrected chi connectivity index (χ3v) is 2.92. The minimum Gasteiger partial charge on any atom is -0.484 e. The molecule has 0 fully saturated rings. The van der Waals surface area contributed by atoms with Crippen molar-refractivity contribution in [1.29, 1.82) is 0 Å². The highest BCUT2D eigenvalue weighted by molar-refractivity contribution is 5.77. The predicted octanol–water partition coefficient (Wildman–Crippen LogP) is 2.20. The van der Waals surface area contributed by atoms with Gasteiger partial charge in [-0.2, -0.15) is 4.98 Å². The molecule has 0 radical (unpaired) electrons. The fourth-order valence-corrected chi connectivity index (χ4v) is 1.73. The molecule has 1 heterocycles. The highest BCUT2D eigenvalue weighted by Crippen LogP contribution is 2.18. The van der Waals surface area contributed by atoms with Crippen LogP contribution in [0, 0.1) is 6.92 Å². The summed E-state index contributed by atoms with van der Waals surface area (Å²) in [5.41, 5.74) is 1.23. The van der Waals surface area contributed by atoms with Crippen molar-refractivity contribution in [3.8, 4) is 5.75 Å². The molecule has 0 spiro atoms. The van der Waals surface area contributed by atoms with E-state index in [-0.39, 0.29) is 19.1 Å². The lowest BCUT2D eigenvalue weighted by molar-refractivity contribution is -0.123. The summed E-state index contributed by atoms with van der Waals surface area (Å²) < 4.78 is 10.3. The van der Waals surface area contributed by atoms with Gasteiger partial charge in [0, 0.05) is 0 Å². The Bertz CT molecular complexity index is 590. The number of benzene rings is 1. The first-order valence-corrected chi connectivity index (χ1v) is 6.83. The van der Waals surface area contributed by atoms with Crippen molar-refractivity contribution in [2.45, 2.75) is 33.2 Å². The first kappa shape index (κ1) is 15.0. The average molecular weight is 289 g/mol. The molecule has 0 aliphatic rings. The highest BCUT2D eigenvalue weighted by Gasteiger charge is 2.07. The van der Waals surface area contributed by atoms with Gasteiger partial charge in [0.05, 0.1) is 6.54 Å². The molecule has 1 N–H and O–H groups in total. The maximum Gasteiger partial charge on any atom is 0.258 e. The van der Waals surface area contributed by atoms with Crippen LogP contribution in [-0.2, 0) is 11.3 Å². The van der Waals surface area contributed by atoms with Crippen molar-refractivity contribution in [2.24, 2.45) is 0 Å². The van der Waals surface area contributed by atoms with Gasteiger partial charge in [0.15, 0.2) is 12.4 Å². The maximum absolute atomic E-state index is 11.6. The van der Waals surface area contributed by atoms with Gasteiger partial charge in [-0.25, -0.2) is 0 Å². The summed E-state index contributed by atoms with van der Waals surface area (Å²) >= 11 is 0. The normalized spacial score (nSPS) is 10.7. The number of rotatable bonds is 6. The molecule has 6 nitrogen and oxygen atoms in total. The summed E-state index contributed by atoms with van der Waals surface area (Å²) in [5.74, 6) is 1.82. The molecule has 0 bridgehead atoms. The van der Waals surface area contributed by atoms with Crippen LogP contribution in [-0.4, -0.2) is 22.7 Å². The Morgan fingerprint density at radius 1 is 1.33 bits per heavy atom. The van der Waals surface area contributed by atoms with Crippen LogP contribution in [0.25, 0.3) is 0 Å². The molecule has 2 aromatic rings. The van der Waals surface area contributed by atoms with E-state index in [1.54, 1.807) is 6.92 Å². The van der Waals surface area contributed by atoms with Crippen molar-refractivity contribution in [3.05, 3.63) is 41.5 Å². The first-order valence-electron chi connectivity index (χ1n) is 6.83. The molecule has 21 heavy (non-hydrogen) atoms. The fraction of sp³-hybridized carbons (Fsp3) is 0.400. The molecule has 0 aliphatic carbocycles. The summed E-state index contributed by atoms with van der Waals surface area (Å²) in [6, 6.07) is 7.73. The molecular weight excluding hydrogens is 270 g/mol. The van der Waals surface area contributed by atoms with E-state index in [1.165, 1.54) is 5.56 Å². The second-order valence-corrected chi connectivity index (χ2v) is 5.02. The molecule has 1 aromatic carbocycles. The van der Waals surface area contributed by atoms with Crippen molar-refractivity contribution in [1.82, 2.24) is 15.5 Å². The Kier molecular flexibility index (Phi) is 4.92. The lowest BCUT2D eigenvalue weighted by Gasteiger charge is -2.08. The SMILES string of the molecule is Cc1noc(CNC(=O)COc2ccc(C(C)C)cc2)n1. The molecule has 0 saturated heterocycles. The zero-order chi connectivity index (χ0) is 15.2. The van der Waals surface area contributed by atoms with Gasteiger partial charge < -0.3 is 14.6 Å². The van der Waals surface area contributed by atoms with Crippen LogP contribution in [0.2, 0.25) is 0 Å². The summed E-state index contributed by atoms with van der Waals surface area (Å²) in [6.07, 6.45) is 0. The molecule has 0 saturated carbocycles. The fourth-order valence-electron chi connectivity index (χ4n) is 1.73. The zero-order valence-electron chi connectivity index (χ0n) is 12.4. The molecule has 1 amide bonds. The minimum atomic E-state index is -0.237. The number of amides is 1. The average Bonchev–Trinajstić information content (AvgIpc) is 2.89. The third-order valence-electron chi connectivity index (χ3n) is 2.92. The largest absolute Gasteiger partial charge is 0.484 e. The van der Waals surface area contributed by atoms with Crippen molar-refractivity contribution >= 4 is 5.91 Å². The summed E-state index contributed by atoms with van der Waals surface area (Å²) in [6.45, 7) is 6.13. The van der Waals surface area contributed by atoms with E-state index < -0.39 is 0 Å². The number of nitrogens with one attached hydrogen (secondary N) is 1. The Morgan fingerprint density at radius 2 is 2.05 bits per heavy atom. The van der Waals surface area contributed by atoms with Gasteiger partial charge in [0.25, 0.3) is 5.91 Å². The van der Waals surface area contributed by atoms with Crippen LogP contribution in [0.15, 0.2) is 28.8 Å². The summed E-state index contributed by atoms with van der Waals surface area (Å²) in [4.78, 5) is 15.6. The van der Waals surface area contributed by atoms with Gasteiger partial charge >= 0.3 is 0 Å². The predicted molar refractivity (Wildman–Crippen MR) is 76.9 cm³/mol. The number of carbonyl (C=O) groups excluding carboxylic acids is 1. The Labute approximate surface area is 123 Å². The molecule has 2 rings (SSSR count). The molecule has 6 heteroatoms. The number of carbonyl (C=O) groups is 1. The van der Waals surface area contributed by atoms with Crippen molar-refractivity contribution < 1.29 is 14.1 Å². The van der Waals surface area contributed by atoms with Gasteiger partial charge in [-0.1, -0.05) is 31.1 Å². The van der Waals surface area contributed by atoms with Crippen LogP contribution in [0.3, 0.4) is 0 Å². The van der Waals surface area contributed by atoms with E-state index in [0.717, 1.165) is 0 Å². The minimum absolute atomic E-state index is 0.0475. The Balaban J connectivity index is 1.75. The molecule has 1 aromatic heterocycles. The van der Waals surface area contributed by atoms with Crippen molar-refractivity contribution in [2.75, 3.05) is 6.61 Å². The van der Waals surface area contributed by atoms with Crippen LogP contribution >= 0.6 is 0 Å². The van der Waals surface area contributed by atoms with Crippen molar-refractivity contribution in [3.63, 3.8) is 0 Å². The molecule has 0 aliphatic heterocycles. The third kappa shape index (κ3) is 4.59. The molecule has 0 atom stereocenters. The first-order chi connectivity index (χ1) is 10.0. The van der Waals surface area contributed by atoms with Crippen LogP contribution in [0.1, 0.15) is 37.0 Å². The monoisotopic (exact) mass is 289 g/mol. The van der Waals surface area contributed by atoms with Gasteiger partial charge in [-0.05, 0) is 30.5 Å². The van der Waals surface area contributed by atoms with E-state index in [1.807, 2.05) is 24.3 Å². The standard InChI is InChI=1S/C15H19N3O3/c1-10(2)12-4-6-13(7-5-12)20-9-14(19)16-8-15-17-11(3)18-21-15/h4-7,10H,8-9H2,1-3H3,(H,16,19). The van der Waals surface area contributed by atoms with Gasteiger partial charge in [-0.3, -0.25) is 4.79 Å². The smallest absolute Gasteiger partial charge is 0.258 e. The number of hydrogen-bond donors (Lipinski definition) is 1. The van der Waals surface area contributed by atoms with E-state index in [2.05, 4.69) is 29.3 Å². The highest BCUT2D eigenvalue weighted by atomic mass is 16.5. The van der Waals surface area contributed by atoms with Crippen LogP contribution in [0.4, 0.5) is 0 Å². The van der Waals surface area contributed by atoms with Crippen LogP contribution < -0.4 is 10.1 Å². The summed E-state index contributed by atoms with van der Waals surface area (Å²) in [7, 11) is 0. The second-order valence-electron chi connectivity index (χ2n) is 5.02. The number of nitrogens with zero attached hydrogens (tertiary/aromatic N) is 2. The molecular formula is C15H19N3O3. The maximum atomic E-state index is 11.6. The molecule has 112 valence electrons. The van der Waals surface area contributed by atoms with Gasteiger partial charge in [0.2, 0.25) is 5.89 Å². The Hall–Kier alpha value is -2.37. The second kappa shape index (κ2) is 6.88. The van der Waals surface area contributed by atoms with E-state index in [0.29, 0.717) is 23.4 Å². The van der Waals surface area contributed by atoms with Gasteiger partial charge in [0.1, 0.15) is 5.75 Å². The number of hydrogen-bond acceptors (Lipinski definition) is 5. The Morgan fingerprint density at radius 3 is 2.62 bits per heavy atom. The zero-order valence-corrected chi connectivity index (χ0v) is 12.4. The number of ether oxygens (including phenoxy) is 1. The topological polar surface area (TPSA) is 77.2 Å².